The Balaban J connectivity index is 1.48. The molecule has 2 aromatic carbocycles. The summed E-state index contributed by atoms with van der Waals surface area (Å²) < 4.78 is 5.63. The Bertz CT molecular complexity index is 1220. The lowest BCUT2D eigenvalue weighted by Crippen LogP contribution is -2.48. The molecule has 36 heavy (non-hydrogen) atoms. The summed E-state index contributed by atoms with van der Waals surface area (Å²) in [6.07, 6.45) is 5.69. The van der Waals surface area contributed by atoms with E-state index in [2.05, 4.69) is 21.6 Å². The molecule has 186 valence electrons. The molecule has 0 radical (unpaired) electrons. The van der Waals surface area contributed by atoms with Crippen molar-refractivity contribution in [3.8, 4) is 22.9 Å². The Morgan fingerprint density at radius 2 is 1.81 bits per heavy atom. The van der Waals surface area contributed by atoms with E-state index in [1.807, 2.05) is 30.3 Å². The van der Waals surface area contributed by atoms with Crippen molar-refractivity contribution in [2.45, 2.75) is 32.1 Å². The van der Waals surface area contributed by atoms with Crippen LogP contribution in [0.4, 0.5) is 11.4 Å². The van der Waals surface area contributed by atoms with Gasteiger partial charge < -0.3 is 25.4 Å². The van der Waals surface area contributed by atoms with Gasteiger partial charge in [-0.05, 0) is 54.2 Å². The van der Waals surface area contributed by atoms with Crippen LogP contribution in [0.1, 0.15) is 32.1 Å². The van der Waals surface area contributed by atoms with E-state index in [1.54, 1.807) is 12.1 Å². The molecule has 1 saturated heterocycles. The number of nitrogens with zero attached hydrogens (tertiary/aromatic N) is 3. The number of carbonyl (C=O) groups is 1. The number of aromatic hydroxyl groups is 1. The first-order valence-corrected chi connectivity index (χ1v) is 12.7. The van der Waals surface area contributed by atoms with Crippen LogP contribution >= 0.6 is 0 Å². The minimum Gasteiger partial charge on any atom is -0.508 e. The number of fused-ring (bicyclic) bond motifs is 1. The summed E-state index contributed by atoms with van der Waals surface area (Å²) >= 11 is 0. The van der Waals surface area contributed by atoms with Crippen LogP contribution < -0.4 is 10.6 Å². The average Bonchev–Trinajstić information content (AvgIpc) is 2.93. The van der Waals surface area contributed by atoms with Crippen molar-refractivity contribution in [3.05, 3.63) is 53.7 Å². The van der Waals surface area contributed by atoms with Crippen LogP contribution in [0.3, 0.4) is 0 Å². The lowest BCUT2D eigenvalue weighted by atomic mass is 9.90. The maximum Gasteiger partial charge on any atom is 0.351 e. The van der Waals surface area contributed by atoms with E-state index >= 15 is 0 Å². The van der Waals surface area contributed by atoms with Gasteiger partial charge in [-0.3, -0.25) is 0 Å². The highest BCUT2D eigenvalue weighted by Crippen LogP contribution is 2.37. The van der Waals surface area contributed by atoms with Gasteiger partial charge in [-0.2, -0.15) is 5.26 Å². The molecule has 2 fully saturated rings. The van der Waals surface area contributed by atoms with Gasteiger partial charge in [0.05, 0.1) is 18.0 Å². The van der Waals surface area contributed by atoms with Gasteiger partial charge in [0.2, 0.25) is 0 Å². The first-order valence-electron chi connectivity index (χ1n) is 12.7. The van der Waals surface area contributed by atoms with E-state index in [-0.39, 0.29) is 11.3 Å². The van der Waals surface area contributed by atoms with E-state index in [4.69, 9.17) is 9.73 Å². The molecule has 0 bridgehead atoms. The number of hydrogen-bond acceptors (Lipinski definition) is 8. The van der Waals surface area contributed by atoms with E-state index in [0.29, 0.717) is 37.1 Å². The smallest absolute Gasteiger partial charge is 0.351 e. The number of anilines is 1. The topological polar surface area (TPSA) is 110 Å². The SMILES string of the molecule is N#C/C(C(=O)OCC1CCCCC1)=C1/Nc2ccc(-c3ccc(O)cc3)cc2N=C1N1CCNCC1. The molecule has 0 spiro atoms. The molecule has 8 heteroatoms. The zero-order chi connectivity index (χ0) is 24.9. The number of aliphatic imine (C=N–C) groups is 1. The number of carbonyl (C=O) groups excluding carboxylic acids is 1. The monoisotopic (exact) mass is 485 g/mol. The number of amidine groups is 1. The number of benzene rings is 2. The standard InChI is InChI=1S/C28H31N5O3/c29-17-23(28(35)36-18-19-4-2-1-3-5-19)26-27(33-14-12-30-13-15-33)32-25-16-21(8-11-24(25)31-26)20-6-9-22(34)10-7-20/h6-11,16,19,30-31,34H,1-5,12-15,18H2/b26-23-. The number of hydrogen-bond donors (Lipinski definition) is 3. The second-order valence-corrected chi connectivity index (χ2v) is 9.54. The minimum atomic E-state index is -0.599. The summed E-state index contributed by atoms with van der Waals surface area (Å²) in [5, 5.41) is 26.3. The van der Waals surface area contributed by atoms with Crippen LogP contribution in [0, 0.1) is 17.2 Å². The zero-order valence-corrected chi connectivity index (χ0v) is 20.3. The van der Waals surface area contributed by atoms with E-state index in [0.717, 1.165) is 48.4 Å². The van der Waals surface area contributed by atoms with Crippen molar-refractivity contribution in [1.29, 1.82) is 5.26 Å². The molecule has 5 rings (SSSR count). The summed E-state index contributed by atoms with van der Waals surface area (Å²) in [5.41, 5.74) is 3.72. The molecule has 1 saturated carbocycles. The van der Waals surface area contributed by atoms with Crippen LogP contribution in [-0.4, -0.2) is 54.6 Å². The normalized spacial score (nSPS) is 19.4. The van der Waals surface area contributed by atoms with Crippen molar-refractivity contribution in [1.82, 2.24) is 10.2 Å². The fourth-order valence-electron chi connectivity index (χ4n) is 5.03. The maximum absolute atomic E-state index is 13.1. The second-order valence-electron chi connectivity index (χ2n) is 9.54. The highest BCUT2D eigenvalue weighted by molar-refractivity contribution is 6.12. The Labute approximate surface area is 211 Å². The van der Waals surface area contributed by atoms with Gasteiger partial charge in [-0.1, -0.05) is 37.5 Å². The third-order valence-corrected chi connectivity index (χ3v) is 7.07. The first-order chi connectivity index (χ1) is 17.6. The van der Waals surface area contributed by atoms with Gasteiger partial charge in [0.15, 0.2) is 11.4 Å². The number of nitriles is 1. The molecular formula is C28H31N5O3. The second kappa shape index (κ2) is 10.8. The number of ether oxygens (including phenoxy) is 1. The Morgan fingerprint density at radius 1 is 1.08 bits per heavy atom. The summed E-state index contributed by atoms with van der Waals surface area (Å²) in [7, 11) is 0. The quantitative estimate of drug-likeness (QED) is 0.336. The van der Waals surface area contributed by atoms with E-state index in [9.17, 15) is 15.2 Å². The van der Waals surface area contributed by atoms with Crippen LogP contribution in [0.5, 0.6) is 5.75 Å². The average molecular weight is 486 g/mol. The highest BCUT2D eigenvalue weighted by atomic mass is 16.5. The third-order valence-electron chi connectivity index (χ3n) is 7.07. The molecular weight excluding hydrogens is 454 g/mol. The number of piperazine rings is 1. The number of nitrogens with one attached hydrogen (secondary N) is 2. The van der Waals surface area contributed by atoms with Crippen molar-refractivity contribution >= 4 is 23.2 Å². The van der Waals surface area contributed by atoms with Crippen molar-refractivity contribution in [2.75, 3.05) is 38.1 Å². The number of phenolic OH excluding ortho intramolecular Hbond substituents is 1. The summed E-state index contributed by atoms with van der Waals surface area (Å²) in [6, 6.07) is 14.9. The highest BCUT2D eigenvalue weighted by Gasteiger charge is 2.30. The first kappa shape index (κ1) is 23.9. The van der Waals surface area contributed by atoms with Crippen LogP contribution in [0.15, 0.2) is 58.7 Å². The molecule has 0 amide bonds. The summed E-state index contributed by atoms with van der Waals surface area (Å²) in [4.78, 5) is 20.1. The Kier molecular flexibility index (Phi) is 7.19. The molecule has 0 atom stereocenters. The van der Waals surface area contributed by atoms with Gasteiger partial charge in [0, 0.05) is 26.2 Å². The van der Waals surface area contributed by atoms with Crippen LogP contribution in [0.25, 0.3) is 11.1 Å². The number of esters is 1. The zero-order valence-electron chi connectivity index (χ0n) is 20.3. The van der Waals surface area contributed by atoms with Crippen LogP contribution in [-0.2, 0) is 9.53 Å². The van der Waals surface area contributed by atoms with Crippen molar-refractivity contribution in [3.63, 3.8) is 0 Å². The molecule has 1 aliphatic carbocycles. The predicted octanol–water partition coefficient (Wildman–Crippen LogP) is 4.32. The molecule has 3 aliphatic rings. The van der Waals surface area contributed by atoms with Gasteiger partial charge in [-0.15, -0.1) is 0 Å². The lowest BCUT2D eigenvalue weighted by molar-refractivity contribution is -0.140. The van der Waals surface area contributed by atoms with Gasteiger partial charge >= 0.3 is 5.97 Å². The van der Waals surface area contributed by atoms with Gasteiger partial charge in [0.1, 0.15) is 17.5 Å². The molecule has 0 unspecified atom stereocenters. The maximum atomic E-state index is 13.1. The Morgan fingerprint density at radius 3 is 2.53 bits per heavy atom. The number of rotatable bonds is 4. The van der Waals surface area contributed by atoms with Gasteiger partial charge in [0.25, 0.3) is 0 Å². The minimum absolute atomic E-state index is 0.0450. The lowest BCUT2D eigenvalue weighted by Gasteiger charge is -2.34. The van der Waals surface area contributed by atoms with E-state index < -0.39 is 5.97 Å². The van der Waals surface area contributed by atoms with E-state index in [1.165, 1.54) is 19.3 Å². The fourth-order valence-corrected chi connectivity index (χ4v) is 5.03. The van der Waals surface area contributed by atoms with Crippen molar-refractivity contribution < 1.29 is 14.6 Å². The fraction of sp³-hybridized carbons (Fsp3) is 0.393. The van der Waals surface area contributed by atoms with Crippen molar-refractivity contribution in [2.24, 2.45) is 10.9 Å². The van der Waals surface area contributed by atoms with Crippen LogP contribution in [0.2, 0.25) is 0 Å². The number of phenols is 1. The largest absolute Gasteiger partial charge is 0.508 e. The molecule has 3 N–H and O–H groups in total. The summed E-state index contributed by atoms with van der Waals surface area (Å²) in [5.74, 6) is 0.564. The predicted molar refractivity (Wildman–Crippen MR) is 139 cm³/mol. The van der Waals surface area contributed by atoms with Gasteiger partial charge in [-0.25, -0.2) is 9.79 Å². The molecule has 2 heterocycles. The molecule has 0 aromatic heterocycles. The molecule has 8 nitrogen and oxygen atoms in total. The Hall–Kier alpha value is -3.83. The molecule has 2 aliphatic heterocycles. The third kappa shape index (κ3) is 5.21. The summed E-state index contributed by atoms with van der Waals surface area (Å²) in [6.45, 7) is 3.37. The molecule has 2 aromatic rings.